The minimum absolute atomic E-state index is 0.0735. The van der Waals surface area contributed by atoms with E-state index in [0.717, 1.165) is 0 Å². The zero-order valence-corrected chi connectivity index (χ0v) is 13.2. The molecule has 0 radical (unpaired) electrons. The van der Waals surface area contributed by atoms with Gasteiger partial charge in [-0.15, -0.1) is 0 Å². The topological polar surface area (TPSA) is 103 Å². The van der Waals surface area contributed by atoms with Crippen LogP contribution in [0.4, 0.5) is 0 Å². The number of fused-ring (bicyclic) bond motifs is 1. The van der Waals surface area contributed by atoms with Crippen molar-refractivity contribution in [1.82, 2.24) is 10.3 Å². The van der Waals surface area contributed by atoms with Gasteiger partial charge >= 0.3 is 0 Å². The fourth-order valence-corrected chi connectivity index (χ4v) is 2.13. The van der Waals surface area contributed by atoms with Gasteiger partial charge in [0.1, 0.15) is 12.0 Å². The van der Waals surface area contributed by atoms with Crippen LogP contribution in [-0.4, -0.2) is 35.4 Å². The Bertz CT molecular complexity index is 710. The summed E-state index contributed by atoms with van der Waals surface area (Å²) in [5.41, 5.74) is 0.145. The number of ether oxygens (including phenoxy) is 3. The van der Waals surface area contributed by atoms with E-state index in [0.29, 0.717) is 23.7 Å². The second kappa shape index (κ2) is 7.22. The third-order valence-electron chi connectivity index (χ3n) is 3.54. The van der Waals surface area contributed by atoms with Gasteiger partial charge in [0, 0.05) is 6.07 Å². The lowest BCUT2D eigenvalue weighted by Crippen LogP contribution is -2.37. The summed E-state index contributed by atoms with van der Waals surface area (Å²) in [4.78, 5) is 16.1. The number of nitrogens with one attached hydrogen (secondary N) is 1. The molecule has 0 aliphatic carbocycles. The molecule has 0 spiro atoms. The van der Waals surface area contributed by atoms with Crippen LogP contribution in [0.3, 0.4) is 0 Å². The highest BCUT2D eigenvalue weighted by Crippen LogP contribution is 2.35. The molecule has 0 unspecified atom stereocenters. The van der Waals surface area contributed by atoms with Crippen LogP contribution in [0.15, 0.2) is 28.9 Å². The first-order valence-corrected chi connectivity index (χ1v) is 7.58. The molecule has 0 bridgehead atoms. The summed E-state index contributed by atoms with van der Waals surface area (Å²) in [5, 5.41) is 11.8. The summed E-state index contributed by atoms with van der Waals surface area (Å²) in [5.74, 6) is 1.75. The van der Waals surface area contributed by atoms with Crippen molar-refractivity contribution in [1.29, 1.82) is 0 Å². The van der Waals surface area contributed by atoms with Gasteiger partial charge in [-0.1, -0.05) is 6.92 Å². The number of hydrogen-bond donors (Lipinski definition) is 2. The SMILES string of the molecule is CC[C@@H](CO)NC(=O)c1coc(COc2ccc3c(c2)OCO3)n1. The van der Waals surface area contributed by atoms with E-state index in [1.165, 1.54) is 6.26 Å². The summed E-state index contributed by atoms with van der Waals surface area (Å²) in [6, 6.07) is 4.91. The van der Waals surface area contributed by atoms with E-state index in [1.807, 2.05) is 6.92 Å². The maximum Gasteiger partial charge on any atom is 0.273 e. The van der Waals surface area contributed by atoms with Gasteiger partial charge in [0.05, 0.1) is 12.6 Å². The Morgan fingerprint density at radius 3 is 3.04 bits per heavy atom. The molecule has 8 heteroatoms. The van der Waals surface area contributed by atoms with Gasteiger partial charge in [0.25, 0.3) is 5.91 Å². The van der Waals surface area contributed by atoms with Gasteiger partial charge in [0.2, 0.25) is 12.7 Å². The molecule has 1 aliphatic rings. The highest BCUT2D eigenvalue weighted by Gasteiger charge is 2.17. The maximum absolute atomic E-state index is 12.0. The second-order valence-electron chi connectivity index (χ2n) is 5.19. The number of rotatable bonds is 7. The molecule has 2 N–H and O–H groups in total. The Morgan fingerprint density at radius 1 is 1.42 bits per heavy atom. The van der Waals surface area contributed by atoms with Crippen molar-refractivity contribution in [2.45, 2.75) is 26.0 Å². The fraction of sp³-hybridized carbons (Fsp3) is 0.375. The zero-order valence-electron chi connectivity index (χ0n) is 13.2. The summed E-state index contributed by atoms with van der Waals surface area (Å²) >= 11 is 0. The fourth-order valence-electron chi connectivity index (χ4n) is 2.13. The largest absolute Gasteiger partial charge is 0.484 e. The number of aromatic nitrogens is 1. The van der Waals surface area contributed by atoms with Crippen molar-refractivity contribution in [3.8, 4) is 17.2 Å². The quantitative estimate of drug-likeness (QED) is 0.790. The number of carbonyl (C=O) groups is 1. The molecular weight excluding hydrogens is 316 g/mol. The van der Waals surface area contributed by atoms with Crippen molar-refractivity contribution in [3.05, 3.63) is 36.0 Å². The first-order chi connectivity index (χ1) is 11.7. The predicted molar refractivity (Wildman–Crippen MR) is 82.0 cm³/mol. The molecule has 24 heavy (non-hydrogen) atoms. The van der Waals surface area contributed by atoms with E-state index in [2.05, 4.69) is 10.3 Å². The number of nitrogens with zero attached hydrogens (tertiary/aromatic N) is 1. The van der Waals surface area contributed by atoms with Gasteiger partial charge in [0.15, 0.2) is 23.8 Å². The lowest BCUT2D eigenvalue weighted by molar-refractivity contribution is 0.0909. The van der Waals surface area contributed by atoms with E-state index >= 15 is 0 Å². The monoisotopic (exact) mass is 334 g/mol. The molecule has 0 saturated carbocycles. The normalized spacial score (nSPS) is 13.6. The Morgan fingerprint density at radius 2 is 2.25 bits per heavy atom. The molecule has 1 atom stereocenters. The number of carbonyl (C=O) groups excluding carboxylic acids is 1. The highest BCUT2D eigenvalue weighted by atomic mass is 16.7. The summed E-state index contributed by atoms with van der Waals surface area (Å²) in [7, 11) is 0. The Labute approximate surface area is 138 Å². The number of oxazole rings is 1. The Kier molecular flexibility index (Phi) is 4.85. The van der Waals surface area contributed by atoms with Crippen LogP contribution in [0.25, 0.3) is 0 Å². The molecule has 2 aromatic rings. The van der Waals surface area contributed by atoms with Crippen LogP contribution in [0.5, 0.6) is 17.2 Å². The molecule has 0 saturated heterocycles. The molecule has 128 valence electrons. The van der Waals surface area contributed by atoms with Crippen molar-refractivity contribution in [3.63, 3.8) is 0 Å². The van der Waals surface area contributed by atoms with E-state index in [1.54, 1.807) is 18.2 Å². The molecule has 0 fully saturated rings. The standard InChI is InChI=1S/C16H18N2O6/c1-2-10(6-19)17-16(20)12-7-22-15(18-12)8-21-11-3-4-13-14(5-11)24-9-23-13/h3-5,7,10,19H,2,6,8-9H2,1H3,(H,17,20)/t10-/m0/s1. The van der Waals surface area contributed by atoms with Crippen LogP contribution in [0.1, 0.15) is 29.7 Å². The van der Waals surface area contributed by atoms with Gasteiger partial charge in [-0.3, -0.25) is 4.79 Å². The number of benzene rings is 1. The van der Waals surface area contributed by atoms with E-state index in [4.69, 9.17) is 23.7 Å². The number of amides is 1. The smallest absolute Gasteiger partial charge is 0.273 e. The van der Waals surface area contributed by atoms with Gasteiger partial charge in [-0.2, -0.15) is 0 Å². The molecule has 3 rings (SSSR count). The molecule has 8 nitrogen and oxygen atoms in total. The van der Waals surface area contributed by atoms with E-state index in [-0.39, 0.29) is 37.6 Å². The molecular formula is C16H18N2O6. The number of aliphatic hydroxyl groups excluding tert-OH is 1. The van der Waals surface area contributed by atoms with E-state index < -0.39 is 5.91 Å². The van der Waals surface area contributed by atoms with Crippen molar-refractivity contribution < 1.29 is 28.5 Å². The number of hydrogen-bond acceptors (Lipinski definition) is 7. The molecule has 1 aliphatic heterocycles. The van der Waals surface area contributed by atoms with E-state index in [9.17, 15) is 4.79 Å². The highest BCUT2D eigenvalue weighted by molar-refractivity contribution is 5.92. The summed E-state index contributed by atoms with van der Waals surface area (Å²) in [6.45, 7) is 2.02. The van der Waals surface area contributed by atoms with Crippen LogP contribution in [-0.2, 0) is 6.61 Å². The van der Waals surface area contributed by atoms with Gasteiger partial charge in [-0.05, 0) is 18.6 Å². The van der Waals surface area contributed by atoms with Crippen LogP contribution >= 0.6 is 0 Å². The van der Waals surface area contributed by atoms with Crippen LogP contribution in [0.2, 0.25) is 0 Å². The average Bonchev–Trinajstić information content (AvgIpc) is 3.26. The third kappa shape index (κ3) is 3.60. The average molecular weight is 334 g/mol. The minimum atomic E-state index is -0.394. The Hall–Kier alpha value is -2.74. The van der Waals surface area contributed by atoms with Crippen LogP contribution in [0, 0.1) is 0 Å². The lowest BCUT2D eigenvalue weighted by atomic mass is 10.2. The Balaban J connectivity index is 1.57. The third-order valence-corrected chi connectivity index (χ3v) is 3.54. The van der Waals surface area contributed by atoms with Crippen molar-refractivity contribution >= 4 is 5.91 Å². The second-order valence-corrected chi connectivity index (χ2v) is 5.19. The molecule has 1 aromatic heterocycles. The molecule has 1 amide bonds. The summed E-state index contributed by atoms with van der Waals surface area (Å²) < 4.78 is 21.3. The first-order valence-electron chi connectivity index (χ1n) is 7.58. The lowest BCUT2D eigenvalue weighted by Gasteiger charge is -2.12. The predicted octanol–water partition coefficient (Wildman–Crippen LogP) is 1.48. The van der Waals surface area contributed by atoms with Crippen molar-refractivity contribution in [2.75, 3.05) is 13.4 Å². The van der Waals surface area contributed by atoms with Crippen LogP contribution < -0.4 is 19.5 Å². The van der Waals surface area contributed by atoms with Crippen molar-refractivity contribution in [2.24, 2.45) is 0 Å². The molecule has 1 aromatic carbocycles. The zero-order chi connectivity index (χ0) is 16.9. The minimum Gasteiger partial charge on any atom is -0.484 e. The number of aliphatic hydroxyl groups is 1. The molecule has 2 heterocycles. The van der Waals surface area contributed by atoms with Gasteiger partial charge < -0.3 is 29.1 Å². The maximum atomic E-state index is 12.0. The van der Waals surface area contributed by atoms with Gasteiger partial charge in [-0.25, -0.2) is 4.98 Å². The summed E-state index contributed by atoms with van der Waals surface area (Å²) in [6.07, 6.45) is 1.89. The first kappa shape index (κ1) is 16.1.